The van der Waals surface area contributed by atoms with Gasteiger partial charge in [0.05, 0.1) is 13.7 Å². The Labute approximate surface area is 155 Å². The number of hydrogen-bond donors (Lipinski definition) is 1. The summed E-state index contributed by atoms with van der Waals surface area (Å²) in [6.45, 7) is 1.09. The first-order chi connectivity index (χ1) is 13.2. The summed E-state index contributed by atoms with van der Waals surface area (Å²) in [5.41, 5.74) is 1.23. The van der Waals surface area contributed by atoms with Crippen LogP contribution in [0.4, 0.5) is 0 Å². The molecule has 2 heterocycles. The molecule has 27 heavy (non-hydrogen) atoms. The molecule has 8 heteroatoms. The molecule has 3 aromatic rings. The van der Waals surface area contributed by atoms with E-state index in [1.54, 1.807) is 25.3 Å². The third-order valence-electron chi connectivity index (χ3n) is 4.00. The van der Waals surface area contributed by atoms with Crippen LogP contribution in [0.15, 0.2) is 47.0 Å². The number of benzene rings is 2. The van der Waals surface area contributed by atoms with Gasteiger partial charge in [-0.1, -0.05) is 17.3 Å². The Morgan fingerprint density at radius 2 is 2.00 bits per heavy atom. The molecule has 1 N–H and O–H groups in total. The molecule has 0 bridgehead atoms. The topological polar surface area (TPSA) is 95.7 Å². The van der Waals surface area contributed by atoms with Crippen LogP contribution in [0.1, 0.15) is 16.2 Å². The smallest absolute Gasteiger partial charge is 0.251 e. The molecule has 0 unspecified atom stereocenters. The van der Waals surface area contributed by atoms with Crippen LogP contribution in [0.2, 0.25) is 0 Å². The maximum Gasteiger partial charge on any atom is 0.251 e. The average molecular weight is 367 g/mol. The van der Waals surface area contributed by atoms with E-state index in [1.165, 1.54) is 0 Å². The highest BCUT2D eigenvalue weighted by Crippen LogP contribution is 2.30. The SMILES string of the molecule is COc1cccc(-c2noc(CNC(=O)c3ccc4c(c3)OCCO4)n2)c1. The lowest BCUT2D eigenvalue weighted by molar-refractivity contribution is 0.0945. The lowest BCUT2D eigenvalue weighted by atomic mass is 10.2. The van der Waals surface area contributed by atoms with E-state index in [9.17, 15) is 4.79 Å². The predicted octanol–water partition coefficient (Wildman–Crippen LogP) is 2.45. The van der Waals surface area contributed by atoms with Crippen LogP contribution in [0.5, 0.6) is 17.2 Å². The monoisotopic (exact) mass is 367 g/mol. The zero-order valence-electron chi connectivity index (χ0n) is 14.6. The fraction of sp³-hybridized carbons (Fsp3) is 0.211. The molecule has 1 aliphatic heterocycles. The molecule has 0 fully saturated rings. The van der Waals surface area contributed by atoms with Crippen molar-refractivity contribution in [3.8, 4) is 28.6 Å². The van der Waals surface area contributed by atoms with Crippen LogP contribution in [0.3, 0.4) is 0 Å². The summed E-state index contributed by atoms with van der Waals surface area (Å²) >= 11 is 0. The Kier molecular flexibility index (Phi) is 4.61. The molecule has 0 radical (unpaired) electrons. The number of methoxy groups -OCH3 is 1. The van der Waals surface area contributed by atoms with Crippen molar-refractivity contribution in [1.29, 1.82) is 0 Å². The number of carbonyl (C=O) groups is 1. The van der Waals surface area contributed by atoms with Gasteiger partial charge in [0, 0.05) is 11.1 Å². The van der Waals surface area contributed by atoms with Crippen molar-refractivity contribution >= 4 is 5.91 Å². The second-order valence-electron chi connectivity index (χ2n) is 5.78. The molecular weight excluding hydrogens is 350 g/mol. The van der Waals surface area contributed by atoms with Crippen LogP contribution in [-0.2, 0) is 6.54 Å². The van der Waals surface area contributed by atoms with Gasteiger partial charge in [0.15, 0.2) is 11.5 Å². The van der Waals surface area contributed by atoms with Gasteiger partial charge in [0.25, 0.3) is 5.91 Å². The Morgan fingerprint density at radius 3 is 2.85 bits per heavy atom. The summed E-state index contributed by atoms with van der Waals surface area (Å²) in [6.07, 6.45) is 0. The van der Waals surface area contributed by atoms with Crippen molar-refractivity contribution in [3.63, 3.8) is 0 Å². The van der Waals surface area contributed by atoms with Crippen LogP contribution in [0.25, 0.3) is 11.4 Å². The van der Waals surface area contributed by atoms with Crippen molar-refractivity contribution < 1.29 is 23.5 Å². The van der Waals surface area contributed by atoms with E-state index in [-0.39, 0.29) is 12.5 Å². The van der Waals surface area contributed by atoms with Gasteiger partial charge in [-0.2, -0.15) is 4.98 Å². The fourth-order valence-corrected chi connectivity index (χ4v) is 2.65. The van der Waals surface area contributed by atoms with Gasteiger partial charge in [-0.3, -0.25) is 4.79 Å². The van der Waals surface area contributed by atoms with Gasteiger partial charge in [-0.25, -0.2) is 0 Å². The summed E-state index contributed by atoms with van der Waals surface area (Å²) in [5.74, 6) is 2.36. The zero-order chi connectivity index (χ0) is 18.6. The summed E-state index contributed by atoms with van der Waals surface area (Å²) < 4.78 is 21.3. The molecule has 1 amide bonds. The Balaban J connectivity index is 1.41. The van der Waals surface area contributed by atoms with Crippen molar-refractivity contribution in [1.82, 2.24) is 15.5 Å². The predicted molar refractivity (Wildman–Crippen MR) is 94.9 cm³/mol. The first-order valence-corrected chi connectivity index (χ1v) is 8.38. The van der Waals surface area contributed by atoms with Crippen LogP contribution < -0.4 is 19.5 Å². The third kappa shape index (κ3) is 3.69. The standard InChI is InChI=1S/C19H17N3O5/c1-24-14-4-2-3-12(9-14)18-21-17(27-22-18)11-20-19(23)13-5-6-15-16(10-13)26-8-7-25-15/h2-6,9-10H,7-8,11H2,1H3,(H,20,23). The Morgan fingerprint density at radius 1 is 1.15 bits per heavy atom. The number of rotatable bonds is 5. The van der Waals surface area contributed by atoms with Crippen molar-refractivity contribution in [3.05, 3.63) is 53.9 Å². The van der Waals surface area contributed by atoms with E-state index in [1.807, 2.05) is 24.3 Å². The van der Waals surface area contributed by atoms with Gasteiger partial charge in [0.2, 0.25) is 11.7 Å². The van der Waals surface area contributed by atoms with Gasteiger partial charge in [0.1, 0.15) is 19.0 Å². The van der Waals surface area contributed by atoms with Crippen LogP contribution in [-0.4, -0.2) is 36.4 Å². The van der Waals surface area contributed by atoms with Crippen LogP contribution in [0, 0.1) is 0 Å². The molecule has 1 aliphatic rings. The Bertz CT molecular complexity index is 969. The lowest BCUT2D eigenvalue weighted by Crippen LogP contribution is -2.23. The maximum atomic E-state index is 12.4. The summed E-state index contributed by atoms with van der Waals surface area (Å²) in [7, 11) is 1.59. The second kappa shape index (κ2) is 7.36. The Hall–Kier alpha value is -3.55. The summed E-state index contributed by atoms with van der Waals surface area (Å²) in [5, 5.41) is 6.69. The van der Waals surface area contributed by atoms with Crippen LogP contribution >= 0.6 is 0 Å². The molecule has 0 spiro atoms. The van der Waals surface area contributed by atoms with Crippen molar-refractivity contribution in [2.24, 2.45) is 0 Å². The molecule has 0 saturated carbocycles. The van der Waals surface area contributed by atoms with Gasteiger partial charge in [-0.05, 0) is 30.3 Å². The average Bonchev–Trinajstić information content (AvgIpc) is 3.21. The highest BCUT2D eigenvalue weighted by molar-refractivity contribution is 5.94. The largest absolute Gasteiger partial charge is 0.497 e. The van der Waals surface area contributed by atoms with Gasteiger partial charge < -0.3 is 24.1 Å². The van der Waals surface area contributed by atoms with E-state index < -0.39 is 0 Å². The van der Waals surface area contributed by atoms with E-state index in [2.05, 4.69) is 15.5 Å². The number of amides is 1. The third-order valence-corrected chi connectivity index (χ3v) is 4.00. The van der Waals surface area contributed by atoms with E-state index >= 15 is 0 Å². The zero-order valence-corrected chi connectivity index (χ0v) is 14.6. The quantitative estimate of drug-likeness (QED) is 0.740. The molecule has 2 aromatic carbocycles. The van der Waals surface area contributed by atoms with E-state index in [0.29, 0.717) is 47.7 Å². The van der Waals surface area contributed by atoms with Gasteiger partial charge in [-0.15, -0.1) is 0 Å². The molecule has 0 aliphatic carbocycles. The molecule has 0 saturated heterocycles. The number of carbonyl (C=O) groups excluding carboxylic acids is 1. The number of ether oxygens (including phenoxy) is 3. The minimum atomic E-state index is -0.270. The fourth-order valence-electron chi connectivity index (χ4n) is 2.65. The molecule has 138 valence electrons. The molecule has 4 rings (SSSR count). The highest BCUT2D eigenvalue weighted by Gasteiger charge is 2.16. The minimum Gasteiger partial charge on any atom is -0.497 e. The van der Waals surface area contributed by atoms with Crippen molar-refractivity contribution in [2.75, 3.05) is 20.3 Å². The summed E-state index contributed by atoms with van der Waals surface area (Å²) in [6, 6.07) is 12.4. The van der Waals surface area contributed by atoms with E-state index in [4.69, 9.17) is 18.7 Å². The minimum absolute atomic E-state index is 0.115. The summed E-state index contributed by atoms with van der Waals surface area (Å²) in [4.78, 5) is 16.6. The van der Waals surface area contributed by atoms with Gasteiger partial charge >= 0.3 is 0 Å². The van der Waals surface area contributed by atoms with E-state index in [0.717, 1.165) is 5.56 Å². The first kappa shape index (κ1) is 16.9. The number of fused-ring (bicyclic) bond motifs is 1. The number of hydrogen-bond acceptors (Lipinski definition) is 7. The molecule has 1 aromatic heterocycles. The first-order valence-electron chi connectivity index (χ1n) is 8.38. The number of aromatic nitrogens is 2. The molecule has 0 atom stereocenters. The normalized spacial score (nSPS) is 12.5. The maximum absolute atomic E-state index is 12.4. The lowest BCUT2D eigenvalue weighted by Gasteiger charge is -2.18. The molecule has 8 nitrogen and oxygen atoms in total. The second-order valence-corrected chi connectivity index (χ2v) is 5.78. The highest BCUT2D eigenvalue weighted by atomic mass is 16.6. The van der Waals surface area contributed by atoms with Crippen molar-refractivity contribution in [2.45, 2.75) is 6.54 Å². The molecular formula is C19H17N3O5. The number of nitrogens with zero attached hydrogens (tertiary/aromatic N) is 2. The number of nitrogens with one attached hydrogen (secondary N) is 1.